The predicted octanol–water partition coefficient (Wildman–Crippen LogP) is 4.26. The fourth-order valence-corrected chi connectivity index (χ4v) is 3.50. The van der Waals surface area contributed by atoms with E-state index in [9.17, 15) is 4.79 Å². The summed E-state index contributed by atoms with van der Waals surface area (Å²) in [6.45, 7) is 6.25. The van der Waals surface area contributed by atoms with E-state index < -0.39 is 0 Å². The number of allylic oxidation sites excluding steroid dienone is 1. The van der Waals surface area contributed by atoms with Gasteiger partial charge in [0.2, 0.25) is 0 Å². The van der Waals surface area contributed by atoms with Crippen molar-refractivity contribution in [2.24, 2.45) is 5.92 Å². The molecule has 1 aromatic rings. The fourth-order valence-electron chi connectivity index (χ4n) is 3.50. The molecule has 0 atom stereocenters. The van der Waals surface area contributed by atoms with E-state index in [0.717, 1.165) is 37.9 Å². The fraction of sp³-hybridized carbons (Fsp3) is 0.526. The number of esters is 1. The van der Waals surface area contributed by atoms with Gasteiger partial charge in [0.1, 0.15) is 5.75 Å². The number of hydrogen-bond donors (Lipinski definition) is 0. The minimum atomic E-state index is -0.0376. The topological polar surface area (TPSA) is 35.5 Å². The van der Waals surface area contributed by atoms with Crippen LogP contribution in [0.5, 0.6) is 5.75 Å². The van der Waals surface area contributed by atoms with E-state index in [-0.39, 0.29) is 17.3 Å². The molecular weight excluding hydrogens is 276 g/mol. The van der Waals surface area contributed by atoms with Crippen molar-refractivity contribution in [3.05, 3.63) is 42.5 Å². The van der Waals surface area contributed by atoms with Crippen LogP contribution in [0.2, 0.25) is 0 Å². The van der Waals surface area contributed by atoms with Crippen LogP contribution in [-0.2, 0) is 14.9 Å². The van der Waals surface area contributed by atoms with Gasteiger partial charge in [-0.3, -0.25) is 4.79 Å². The van der Waals surface area contributed by atoms with E-state index in [1.54, 1.807) is 7.11 Å². The lowest BCUT2D eigenvalue weighted by Crippen LogP contribution is -2.34. The highest BCUT2D eigenvalue weighted by Crippen LogP contribution is 2.45. The zero-order valence-corrected chi connectivity index (χ0v) is 13.6. The third-order valence-electron chi connectivity index (χ3n) is 4.80. The van der Waals surface area contributed by atoms with Crippen LogP contribution in [0.15, 0.2) is 36.9 Å². The maximum atomic E-state index is 11.9. The van der Waals surface area contributed by atoms with Crippen molar-refractivity contribution < 1.29 is 14.3 Å². The lowest BCUT2D eigenvalue weighted by molar-refractivity contribution is -0.149. The van der Waals surface area contributed by atoms with Crippen molar-refractivity contribution >= 4 is 5.97 Å². The molecule has 0 aliphatic heterocycles. The summed E-state index contributed by atoms with van der Waals surface area (Å²) < 4.78 is 10.4. The number of ether oxygens (including phenoxy) is 2. The Hall–Kier alpha value is -1.77. The molecule has 0 spiro atoms. The first-order valence-electron chi connectivity index (χ1n) is 8.07. The zero-order chi connectivity index (χ0) is 16.0. The zero-order valence-electron chi connectivity index (χ0n) is 13.6. The lowest BCUT2D eigenvalue weighted by atomic mass is 9.65. The van der Waals surface area contributed by atoms with Crippen molar-refractivity contribution in [2.75, 3.05) is 13.7 Å². The third-order valence-corrected chi connectivity index (χ3v) is 4.80. The van der Waals surface area contributed by atoms with Gasteiger partial charge in [0.05, 0.1) is 19.6 Å². The van der Waals surface area contributed by atoms with E-state index in [0.29, 0.717) is 6.61 Å². The van der Waals surface area contributed by atoms with Gasteiger partial charge in [-0.2, -0.15) is 0 Å². The van der Waals surface area contributed by atoms with Crippen LogP contribution < -0.4 is 4.74 Å². The number of carbonyl (C=O) groups excluding carboxylic acids is 1. The summed E-state index contributed by atoms with van der Waals surface area (Å²) in [4.78, 5) is 11.9. The summed E-state index contributed by atoms with van der Waals surface area (Å²) in [6.07, 6.45) is 6.70. The molecule has 1 fully saturated rings. The van der Waals surface area contributed by atoms with Crippen molar-refractivity contribution in [1.29, 1.82) is 0 Å². The molecule has 1 aliphatic carbocycles. The Bertz CT molecular complexity index is 496. The number of rotatable bonds is 6. The molecule has 0 aromatic heterocycles. The van der Waals surface area contributed by atoms with Gasteiger partial charge in [-0.1, -0.05) is 18.2 Å². The minimum absolute atomic E-state index is 0.0376. The highest BCUT2D eigenvalue weighted by atomic mass is 16.5. The second-order valence-electron chi connectivity index (χ2n) is 6.03. The molecular formula is C19H26O3. The Balaban J connectivity index is 2.13. The molecule has 0 bridgehead atoms. The molecule has 0 heterocycles. The van der Waals surface area contributed by atoms with Crippen molar-refractivity contribution in [1.82, 2.24) is 0 Å². The molecule has 1 aromatic carbocycles. The lowest BCUT2D eigenvalue weighted by Gasteiger charge is -2.39. The van der Waals surface area contributed by atoms with Crippen LogP contribution in [0.4, 0.5) is 0 Å². The smallest absolute Gasteiger partial charge is 0.308 e. The third kappa shape index (κ3) is 3.52. The van der Waals surface area contributed by atoms with Crippen LogP contribution in [0, 0.1) is 5.92 Å². The SMILES string of the molecule is C=CCC1(c2ccc(OC)cc2)CCC(C(=O)OCC)CC1. The average molecular weight is 302 g/mol. The highest BCUT2D eigenvalue weighted by molar-refractivity contribution is 5.72. The Morgan fingerprint density at radius 2 is 1.95 bits per heavy atom. The summed E-state index contributed by atoms with van der Waals surface area (Å²) >= 11 is 0. The molecule has 1 aliphatic rings. The second kappa shape index (κ2) is 7.48. The quantitative estimate of drug-likeness (QED) is 0.582. The van der Waals surface area contributed by atoms with E-state index in [2.05, 4.69) is 18.7 Å². The van der Waals surface area contributed by atoms with Crippen molar-refractivity contribution in [3.8, 4) is 5.75 Å². The van der Waals surface area contributed by atoms with Gasteiger partial charge in [0.25, 0.3) is 0 Å². The maximum absolute atomic E-state index is 11.9. The van der Waals surface area contributed by atoms with E-state index in [1.165, 1.54) is 5.56 Å². The summed E-state index contributed by atoms with van der Waals surface area (Å²) in [6, 6.07) is 8.31. The van der Waals surface area contributed by atoms with Gasteiger partial charge < -0.3 is 9.47 Å². The van der Waals surface area contributed by atoms with Gasteiger partial charge in [-0.05, 0) is 62.1 Å². The summed E-state index contributed by atoms with van der Waals surface area (Å²) in [5.74, 6) is 0.887. The number of carbonyl (C=O) groups is 1. The predicted molar refractivity (Wildman–Crippen MR) is 88.1 cm³/mol. The average Bonchev–Trinajstić information content (AvgIpc) is 2.56. The molecule has 0 radical (unpaired) electrons. The second-order valence-corrected chi connectivity index (χ2v) is 6.03. The first kappa shape index (κ1) is 16.6. The molecule has 0 amide bonds. The maximum Gasteiger partial charge on any atom is 0.308 e. The Morgan fingerprint density at radius 3 is 2.45 bits per heavy atom. The van der Waals surface area contributed by atoms with Gasteiger partial charge in [0, 0.05) is 0 Å². The summed E-state index contributed by atoms with van der Waals surface area (Å²) in [7, 11) is 1.68. The first-order valence-corrected chi connectivity index (χ1v) is 8.07. The molecule has 120 valence electrons. The molecule has 0 saturated heterocycles. The Morgan fingerprint density at radius 1 is 1.32 bits per heavy atom. The van der Waals surface area contributed by atoms with Gasteiger partial charge in [-0.25, -0.2) is 0 Å². The largest absolute Gasteiger partial charge is 0.497 e. The van der Waals surface area contributed by atoms with E-state index in [4.69, 9.17) is 9.47 Å². The number of methoxy groups -OCH3 is 1. The standard InChI is InChI=1S/C19H26O3/c1-4-12-19(16-6-8-17(21-3)9-7-16)13-10-15(11-14-19)18(20)22-5-2/h4,6-9,15H,1,5,10-14H2,2-3H3. The summed E-state index contributed by atoms with van der Waals surface area (Å²) in [5.41, 5.74) is 1.41. The van der Waals surface area contributed by atoms with Crippen LogP contribution in [-0.4, -0.2) is 19.7 Å². The first-order chi connectivity index (χ1) is 10.6. The van der Waals surface area contributed by atoms with Crippen LogP contribution in [0.1, 0.15) is 44.6 Å². The van der Waals surface area contributed by atoms with Crippen molar-refractivity contribution in [3.63, 3.8) is 0 Å². The molecule has 22 heavy (non-hydrogen) atoms. The van der Waals surface area contributed by atoms with Crippen molar-refractivity contribution in [2.45, 2.75) is 44.4 Å². The van der Waals surface area contributed by atoms with E-state index in [1.807, 2.05) is 25.1 Å². The highest BCUT2D eigenvalue weighted by Gasteiger charge is 2.38. The van der Waals surface area contributed by atoms with Crippen LogP contribution in [0.3, 0.4) is 0 Å². The molecule has 0 N–H and O–H groups in total. The number of hydrogen-bond acceptors (Lipinski definition) is 3. The van der Waals surface area contributed by atoms with Gasteiger partial charge in [-0.15, -0.1) is 6.58 Å². The Kier molecular flexibility index (Phi) is 5.64. The molecule has 2 rings (SSSR count). The molecule has 0 unspecified atom stereocenters. The van der Waals surface area contributed by atoms with E-state index >= 15 is 0 Å². The molecule has 3 nitrogen and oxygen atoms in total. The molecule has 1 saturated carbocycles. The van der Waals surface area contributed by atoms with Crippen LogP contribution >= 0.6 is 0 Å². The van der Waals surface area contributed by atoms with Gasteiger partial charge >= 0.3 is 5.97 Å². The van der Waals surface area contributed by atoms with Gasteiger partial charge in [0.15, 0.2) is 0 Å². The normalized spacial score (nSPS) is 24.5. The Labute approximate surface area is 133 Å². The van der Waals surface area contributed by atoms with Crippen LogP contribution in [0.25, 0.3) is 0 Å². The minimum Gasteiger partial charge on any atom is -0.497 e. The monoisotopic (exact) mass is 302 g/mol. The summed E-state index contributed by atoms with van der Waals surface area (Å²) in [5, 5.41) is 0. The molecule has 3 heteroatoms. The number of benzene rings is 1.